The van der Waals surface area contributed by atoms with E-state index < -0.39 is 12.1 Å². The maximum atomic E-state index is 11.7. The Kier molecular flexibility index (Phi) is 4.31. The van der Waals surface area contributed by atoms with Gasteiger partial charge in [-0.05, 0) is 19.9 Å². The van der Waals surface area contributed by atoms with E-state index >= 15 is 0 Å². The fraction of sp³-hybridized carbons (Fsp3) is 0.462. The predicted octanol–water partition coefficient (Wildman–Crippen LogP) is 2.13. The first kappa shape index (κ1) is 14.1. The molecule has 6 heteroatoms. The Bertz CT molecular complexity index is 500. The minimum absolute atomic E-state index is 0.219. The molecule has 1 aliphatic rings. The van der Waals surface area contributed by atoms with Gasteiger partial charge in [0.25, 0.3) is 0 Å². The first-order valence-electron chi connectivity index (χ1n) is 5.99. The van der Waals surface area contributed by atoms with Crippen molar-refractivity contribution in [2.45, 2.75) is 20.0 Å². The van der Waals surface area contributed by atoms with E-state index in [-0.39, 0.29) is 6.61 Å². The highest BCUT2D eigenvalue weighted by Gasteiger charge is 2.28. The van der Waals surface area contributed by atoms with Gasteiger partial charge in [0.15, 0.2) is 17.6 Å². The second-order valence-electron chi connectivity index (χ2n) is 4.08. The van der Waals surface area contributed by atoms with Crippen LogP contribution < -0.4 is 9.47 Å². The molecule has 1 aromatic rings. The van der Waals surface area contributed by atoms with Crippen LogP contribution in [0.1, 0.15) is 24.2 Å². The second-order valence-corrected chi connectivity index (χ2v) is 4.93. The highest BCUT2D eigenvalue weighted by Crippen LogP contribution is 2.42. The first-order valence-corrected chi connectivity index (χ1v) is 6.78. The molecule has 104 valence electrons. The number of carbonyl (C=O) groups is 1. The largest absolute Gasteiger partial charge is 0.486 e. The lowest BCUT2D eigenvalue weighted by Gasteiger charge is -2.24. The van der Waals surface area contributed by atoms with Gasteiger partial charge < -0.3 is 19.3 Å². The summed E-state index contributed by atoms with van der Waals surface area (Å²) in [7, 11) is 0. The average molecular weight is 331 g/mol. The summed E-state index contributed by atoms with van der Waals surface area (Å²) in [6, 6.07) is 1.69. The molecule has 0 saturated carbocycles. The minimum Gasteiger partial charge on any atom is -0.486 e. The van der Waals surface area contributed by atoms with Crippen LogP contribution in [0.4, 0.5) is 0 Å². The zero-order valence-corrected chi connectivity index (χ0v) is 12.3. The van der Waals surface area contributed by atoms with Crippen LogP contribution in [-0.2, 0) is 9.53 Å². The van der Waals surface area contributed by atoms with Crippen LogP contribution in [0.3, 0.4) is 0 Å². The maximum absolute atomic E-state index is 11.7. The number of hydrogen-bond acceptors (Lipinski definition) is 5. The van der Waals surface area contributed by atoms with Gasteiger partial charge in [0.1, 0.15) is 13.2 Å². The molecule has 2 rings (SSSR count). The van der Waals surface area contributed by atoms with Gasteiger partial charge in [-0.25, -0.2) is 4.79 Å². The van der Waals surface area contributed by atoms with E-state index in [9.17, 15) is 9.90 Å². The molecule has 0 bridgehead atoms. The van der Waals surface area contributed by atoms with Crippen LogP contribution in [-0.4, -0.2) is 30.9 Å². The molecule has 1 unspecified atom stereocenters. The third-order valence-electron chi connectivity index (χ3n) is 2.85. The lowest BCUT2D eigenvalue weighted by Crippen LogP contribution is -2.20. The zero-order valence-electron chi connectivity index (χ0n) is 10.7. The Morgan fingerprint density at radius 2 is 2.21 bits per heavy atom. The molecule has 1 heterocycles. The van der Waals surface area contributed by atoms with Gasteiger partial charge >= 0.3 is 5.97 Å². The molecule has 0 fully saturated rings. The standard InChI is InChI=1S/C13H15BrO5/c1-3-17-13(16)11(15)10-7(2)12-9(6-8(10)14)18-4-5-19-12/h6,11,15H,3-5H2,1-2H3. The Labute approximate surface area is 119 Å². The van der Waals surface area contributed by atoms with Crippen molar-refractivity contribution in [3.8, 4) is 11.5 Å². The van der Waals surface area contributed by atoms with E-state index in [1.165, 1.54) is 0 Å². The van der Waals surface area contributed by atoms with E-state index in [1.807, 2.05) is 0 Å². The molecule has 19 heavy (non-hydrogen) atoms. The number of rotatable bonds is 3. The monoisotopic (exact) mass is 330 g/mol. The van der Waals surface area contributed by atoms with E-state index in [0.29, 0.717) is 40.3 Å². The normalized spacial score (nSPS) is 14.9. The van der Waals surface area contributed by atoms with Crippen molar-refractivity contribution in [3.63, 3.8) is 0 Å². The number of ether oxygens (including phenoxy) is 3. The van der Waals surface area contributed by atoms with Crippen LogP contribution in [0.2, 0.25) is 0 Å². The molecule has 0 aromatic heterocycles. The Morgan fingerprint density at radius 1 is 1.53 bits per heavy atom. The van der Waals surface area contributed by atoms with Gasteiger partial charge in [-0.15, -0.1) is 0 Å². The van der Waals surface area contributed by atoms with Crippen molar-refractivity contribution >= 4 is 21.9 Å². The highest BCUT2D eigenvalue weighted by molar-refractivity contribution is 9.10. The second kappa shape index (κ2) is 5.79. The van der Waals surface area contributed by atoms with Gasteiger partial charge in [-0.3, -0.25) is 0 Å². The number of esters is 1. The van der Waals surface area contributed by atoms with Crippen molar-refractivity contribution < 1.29 is 24.1 Å². The fourth-order valence-corrected chi connectivity index (χ4v) is 2.72. The van der Waals surface area contributed by atoms with Crippen molar-refractivity contribution in [1.29, 1.82) is 0 Å². The molecule has 1 atom stereocenters. The van der Waals surface area contributed by atoms with Gasteiger partial charge in [-0.1, -0.05) is 15.9 Å². The van der Waals surface area contributed by atoms with Gasteiger partial charge in [0, 0.05) is 15.6 Å². The molecule has 0 saturated heterocycles. The number of aliphatic hydroxyl groups excluding tert-OH is 1. The molecule has 1 aliphatic heterocycles. The predicted molar refractivity (Wildman–Crippen MR) is 71.5 cm³/mol. The lowest BCUT2D eigenvalue weighted by molar-refractivity contribution is -0.153. The number of halogens is 1. The quantitative estimate of drug-likeness (QED) is 0.860. The molecule has 0 amide bonds. The van der Waals surface area contributed by atoms with Crippen LogP contribution >= 0.6 is 15.9 Å². The maximum Gasteiger partial charge on any atom is 0.339 e. The van der Waals surface area contributed by atoms with E-state index in [0.717, 1.165) is 0 Å². The van der Waals surface area contributed by atoms with Gasteiger partial charge in [-0.2, -0.15) is 0 Å². The minimum atomic E-state index is -1.34. The lowest BCUT2D eigenvalue weighted by atomic mass is 10.0. The summed E-state index contributed by atoms with van der Waals surface area (Å²) in [4.78, 5) is 11.7. The third-order valence-corrected chi connectivity index (χ3v) is 3.51. The van der Waals surface area contributed by atoms with Crippen LogP contribution in [0.25, 0.3) is 0 Å². The number of aliphatic hydroxyl groups is 1. The molecule has 0 spiro atoms. The molecular weight excluding hydrogens is 316 g/mol. The summed E-state index contributed by atoms with van der Waals surface area (Å²) in [5, 5.41) is 10.1. The first-order chi connectivity index (χ1) is 9.06. The summed E-state index contributed by atoms with van der Waals surface area (Å²) in [5.41, 5.74) is 1.12. The third kappa shape index (κ3) is 2.69. The molecule has 1 aromatic carbocycles. The molecule has 0 aliphatic carbocycles. The summed E-state index contributed by atoms with van der Waals surface area (Å²) in [6.07, 6.45) is -1.34. The van der Waals surface area contributed by atoms with Crippen molar-refractivity contribution in [2.24, 2.45) is 0 Å². The number of carbonyl (C=O) groups excluding carboxylic acids is 1. The summed E-state index contributed by atoms with van der Waals surface area (Å²) >= 11 is 3.34. The van der Waals surface area contributed by atoms with E-state index in [2.05, 4.69) is 15.9 Å². The molecule has 5 nitrogen and oxygen atoms in total. The van der Waals surface area contributed by atoms with Gasteiger partial charge in [0.2, 0.25) is 0 Å². The molecule has 0 radical (unpaired) electrons. The Balaban J connectivity index is 2.43. The molecular formula is C13H15BrO5. The Morgan fingerprint density at radius 3 is 2.89 bits per heavy atom. The van der Waals surface area contributed by atoms with Gasteiger partial charge in [0.05, 0.1) is 6.61 Å². The SMILES string of the molecule is CCOC(=O)C(O)c1c(Br)cc2c(c1C)OCCO2. The summed E-state index contributed by atoms with van der Waals surface area (Å²) in [6.45, 7) is 4.62. The fourth-order valence-electron chi connectivity index (χ4n) is 2.00. The summed E-state index contributed by atoms with van der Waals surface area (Å²) < 4.78 is 16.4. The molecule has 1 N–H and O–H groups in total. The summed E-state index contributed by atoms with van der Waals surface area (Å²) in [5.74, 6) is 0.492. The smallest absolute Gasteiger partial charge is 0.339 e. The zero-order chi connectivity index (χ0) is 14.0. The van der Waals surface area contributed by atoms with Crippen LogP contribution in [0.15, 0.2) is 10.5 Å². The topological polar surface area (TPSA) is 65.0 Å². The van der Waals surface area contributed by atoms with Crippen LogP contribution in [0.5, 0.6) is 11.5 Å². The van der Waals surface area contributed by atoms with E-state index in [4.69, 9.17) is 14.2 Å². The van der Waals surface area contributed by atoms with E-state index in [1.54, 1.807) is 19.9 Å². The highest BCUT2D eigenvalue weighted by atomic mass is 79.9. The number of fused-ring (bicyclic) bond motifs is 1. The van der Waals surface area contributed by atoms with Crippen molar-refractivity contribution in [2.75, 3.05) is 19.8 Å². The number of benzene rings is 1. The van der Waals surface area contributed by atoms with Crippen LogP contribution in [0, 0.1) is 6.92 Å². The van der Waals surface area contributed by atoms with Crippen molar-refractivity contribution in [3.05, 3.63) is 21.7 Å². The number of hydrogen-bond donors (Lipinski definition) is 1. The Hall–Kier alpha value is -1.27. The average Bonchev–Trinajstić information content (AvgIpc) is 2.38. The van der Waals surface area contributed by atoms with Crippen molar-refractivity contribution in [1.82, 2.24) is 0 Å².